The largest absolute Gasteiger partial charge is 0.497 e. The highest BCUT2D eigenvalue weighted by atomic mass is 16.5. The fourth-order valence-electron chi connectivity index (χ4n) is 1.88. The zero-order valence-electron chi connectivity index (χ0n) is 11.5. The van der Waals surface area contributed by atoms with Gasteiger partial charge in [-0.15, -0.1) is 0 Å². The summed E-state index contributed by atoms with van der Waals surface area (Å²) in [6, 6.07) is 10.3. The first-order valence-electron chi connectivity index (χ1n) is 6.61. The number of nitriles is 1. The van der Waals surface area contributed by atoms with Crippen LogP contribution in [0.15, 0.2) is 24.3 Å². The SMILES string of the molecule is COc1ccc(OCCC(C)(C#N)NC2CC2)cc1. The first-order valence-corrected chi connectivity index (χ1v) is 6.61. The molecule has 4 heteroatoms. The van der Waals surface area contributed by atoms with Gasteiger partial charge < -0.3 is 9.47 Å². The Morgan fingerprint density at radius 2 is 1.95 bits per heavy atom. The quantitative estimate of drug-likeness (QED) is 0.818. The number of rotatable bonds is 7. The summed E-state index contributed by atoms with van der Waals surface area (Å²) in [5.41, 5.74) is -0.492. The molecule has 0 aliphatic heterocycles. The van der Waals surface area contributed by atoms with E-state index in [-0.39, 0.29) is 0 Å². The predicted molar refractivity (Wildman–Crippen MR) is 73.3 cm³/mol. The molecule has 1 unspecified atom stereocenters. The van der Waals surface area contributed by atoms with Crippen LogP contribution in [-0.4, -0.2) is 25.3 Å². The van der Waals surface area contributed by atoms with Crippen molar-refractivity contribution in [3.05, 3.63) is 24.3 Å². The second-order valence-corrected chi connectivity index (χ2v) is 5.14. The molecule has 1 aromatic rings. The summed E-state index contributed by atoms with van der Waals surface area (Å²) >= 11 is 0. The fraction of sp³-hybridized carbons (Fsp3) is 0.533. The van der Waals surface area contributed by atoms with Crippen LogP contribution >= 0.6 is 0 Å². The second-order valence-electron chi connectivity index (χ2n) is 5.14. The number of hydrogen-bond acceptors (Lipinski definition) is 4. The van der Waals surface area contributed by atoms with Crippen molar-refractivity contribution < 1.29 is 9.47 Å². The molecule has 0 radical (unpaired) electrons. The van der Waals surface area contributed by atoms with Crippen molar-refractivity contribution in [3.63, 3.8) is 0 Å². The molecule has 1 aliphatic rings. The molecule has 1 fully saturated rings. The highest BCUT2D eigenvalue weighted by Crippen LogP contribution is 2.24. The van der Waals surface area contributed by atoms with E-state index in [9.17, 15) is 5.26 Å². The maximum atomic E-state index is 9.24. The molecule has 1 aliphatic carbocycles. The third-order valence-electron chi connectivity index (χ3n) is 3.28. The number of methoxy groups -OCH3 is 1. The van der Waals surface area contributed by atoms with Gasteiger partial charge in [0.25, 0.3) is 0 Å². The third-order valence-corrected chi connectivity index (χ3v) is 3.28. The smallest absolute Gasteiger partial charge is 0.119 e. The fourth-order valence-corrected chi connectivity index (χ4v) is 1.88. The molecule has 4 nitrogen and oxygen atoms in total. The minimum absolute atomic E-state index is 0.492. The van der Waals surface area contributed by atoms with Crippen LogP contribution in [-0.2, 0) is 0 Å². The topological polar surface area (TPSA) is 54.3 Å². The van der Waals surface area contributed by atoms with Gasteiger partial charge in [0, 0.05) is 12.5 Å². The van der Waals surface area contributed by atoms with E-state index in [0.29, 0.717) is 19.1 Å². The maximum absolute atomic E-state index is 9.24. The minimum Gasteiger partial charge on any atom is -0.497 e. The zero-order valence-corrected chi connectivity index (χ0v) is 11.5. The van der Waals surface area contributed by atoms with Crippen LogP contribution in [0.2, 0.25) is 0 Å². The predicted octanol–water partition coefficient (Wildman–Crippen LogP) is 2.50. The second kappa shape index (κ2) is 5.94. The summed E-state index contributed by atoms with van der Waals surface area (Å²) in [5.74, 6) is 1.61. The average molecular weight is 260 g/mol. The molecule has 1 atom stereocenters. The molecule has 0 amide bonds. The Morgan fingerprint density at radius 1 is 1.32 bits per heavy atom. The molecular weight excluding hydrogens is 240 g/mol. The van der Waals surface area contributed by atoms with E-state index >= 15 is 0 Å². The van der Waals surface area contributed by atoms with Gasteiger partial charge in [-0.25, -0.2) is 0 Å². The summed E-state index contributed by atoms with van der Waals surface area (Å²) in [6.45, 7) is 2.46. The van der Waals surface area contributed by atoms with Gasteiger partial charge in [-0.3, -0.25) is 5.32 Å². The highest BCUT2D eigenvalue weighted by Gasteiger charge is 2.32. The van der Waals surface area contributed by atoms with Crippen molar-refractivity contribution in [3.8, 4) is 17.6 Å². The first-order chi connectivity index (χ1) is 9.15. The molecule has 102 valence electrons. The monoisotopic (exact) mass is 260 g/mol. The lowest BCUT2D eigenvalue weighted by molar-refractivity contribution is 0.265. The van der Waals surface area contributed by atoms with E-state index < -0.39 is 5.54 Å². The minimum atomic E-state index is -0.492. The van der Waals surface area contributed by atoms with Gasteiger partial charge >= 0.3 is 0 Å². The van der Waals surface area contributed by atoms with Gasteiger partial charge in [-0.05, 0) is 44.0 Å². The Morgan fingerprint density at radius 3 is 2.47 bits per heavy atom. The average Bonchev–Trinajstić information content (AvgIpc) is 3.23. The molecule has 0 saturated heterocycles. The van der Waals surface area contributed by atoms with Crippen LogP contribution in [0.3, 0.4) is 0 Å². The van der Waals surface area contributed by atoms with E-state index in [1.54, 1.807) is 7.11 Å². The molecule has 19 heavy (non-hydrogen) atoms. The molecule has 0 bridgehead atoms. The van der Waals surface area contributed by atoms with Crippen molar-refractivity contribution in [1.29, 1.82) is 5.26 Å². The number of ether oxygens (including phenoxy) is 2. The summed E-state index contributed by atoms with van der Waals surface area (Å²) in [5, 5.41) is 12.6. The lowest BCUT2D eigenvalue weighted by Crippen LogP contribution is -2.43. The van der Waals surface area contributed by atoms with Crippen molar-refractivity contribution in [2.45, 2.75) is 37.8 Å². The molecule has 0 spiro atoms. The van der Waals surface area contributed by atoms with Gasteiger partial charge in [-0.1, -0.05) is 0 Å². The number of nitrogens with zero attached hydrogens (tertiary/aromatic N) is 1. The standard InChI is InChI=1S/C15H20N2O2/c1-15(11-16,17-12-3-4-12)9-10-19-14-7-5-13(18-2)6-8-14/h5-8,12,17H,3-4,9-10H2,1-2H3. The van der Waals surface area contributed by atoms with Crippen molar-refractivity contribution in [1.82, 2.24) is 5.32 Å². The summed E-state index contributed by atoms with van der Waals surface area (Å²) in [4.78, 5) is 0. The van der Waals surface area contributed by atoms with E-state index in [2.05, 4.69) is 11.4 Å². The van der Waals surface area contributed by atoms with Crippen LogP contribution < -0.4 is 14.8 Å². The normalized spacial score (nSPS) is 17.3. The van der Waals surface area contributed by atoms with Gasteiger partial charge in [0.15, 0.2) is 0 Å². The van der Waals surface area contributed by atoms with Crippen molar-refractivity contribution in [2.24, 2.45) is 0 Å². The van der Waals surface area contributed by atoms with Gasteiger partial charge in [0.05, 0.1) is 19.8 Å². The van der Waals surface area contributed by atoms with Crippen LogP contribution in [0.5, 0.6) is 11.5 Å². The molecule has 0 heterocycles. The first kappa shape index (κ1) is 13.7. The molecule has 1 N–H and O–H groups in total. The lowest BCUT2D eigenvalue weighted by Gasteiger charge is -2.23. The van der Waals surface area contributed by atoms with Gasteiger partial charge in [0.1, 0.15) is 17.0 Å². The Bertz CT molecular complexity index is 448. The molecular formula is C15H20N2O2. The summed E-state index contributed by atoms with van der Waals surface area (Å²) < 4.78 is 10.7. The van der Waals surface area contributed by atoms with Crippen LogP contribution in [0.4, 0.5) is 0 Å². The van der Waals surface area contributed by atoms with Crippen molar-refractivity contribution in [2.75, 3.05) is 13.7 Å². The van der Waals surface area contributed by atoms with E-state index in [0.717, 1.165) is 11.5 Å². The molecule has 1 aromatic carbocycles. The number of benzene rings is 1. The summed E-state index contributed by atoms with van der Waals surface area (Å²) in [7, 11) is 1.64. The molecule has 1 saturated carbocycles. The van der Waals surface area contributed by atoms with E-state index in [4.69, 9.17) is 9.47 Å². The van der Waals surface area contributed by atoms with Crippen molar-refractivity contribution >= 4 is 0 Å². The molecule has 0 aromatic heterocycles. The molecule has 2 rings (SSSR count). The van der Waals surface area contributed by atoms with Crippen LogP contribution in [0, 0.1) is 11.3 Å². The Balaban J connectivity index is 1.79. The number of hydrogen-bond donors (Lipinski definition) is 1. The van der Waals surface area contributed by atoms with Crippen LogP contribution in [0.1, 0.15) is 26.2 Å². The highest BCUT2D eigenvalue weighted by molar-refractivity contribution is 5.31. The Labute approximate surface area is 114 Å². The van der Waals surface area contributed by atoms with Gasteiger partial charge in [0.2, 0.25) is 0 Å². The Hall–Kier alpha value is -1.73. The lowest BCUT2D eigenvalue weighted by atomic mass is 10.0. The maximum Gasteiger partial charge on any atom is 0.119 e. The van der Waals surface area contributed by atoms with E-state index in [1.165, 1.54) is 12.8 Å². The zero-order chi connectivity index (χ0) is 13.7. The van der Waals surface area contributed by atoms with Gasteiger partial charge in [-0.2, -0.15) is 5.26 Å². The van der Waals surface area contributed by atoms with Crippen LogP contribution in [0.25, 0.3) is 0 Å². The number of nitrogens with one attached hydrogen (secondary N) is 1. The Kier molecular flexibility index (Phi) is 4.28. The third kappa shape index (κ3) is 4.15. The van der Waals surface area contributed by atoms with E-state index in [1.807, 2.05) is 31.2 Å². The summed E-state index contributed by atoms with van der Waals surface area (Å²) in [6.07, 6.45) is 3.03.